The van der Waals surface area contributed by atoms with E-state index in [1.807, 2.05) is 19.1 Å². The molecule has 0 saturated carbocycles. The number of rotatable bonds is 10. The highest BCUT2D eigenvalue weighted by molar-refractivity contribution is 5.80. The third-order valence-corrected chi connectivity index (χ3v) is 9.81. The number of carbonyl (C=O) groups excluding carboxylic acids is 1. The van der Waals surface area contributed by atoms with Crippen LogP contribution < -0.4 is 14.2 Å². The Bertz CT molecular complexity index is 1100. The van der Waals surface area contributed by atoms with Crippen molar-refractivity contribution in [1.82, 2.24) is 0 Å². The Morgan fingerprint density at radius 1 is 1.19 bits per heavy atom. The van der Waals surface area contributed by atoms with E-state index in [1.54, 1.807) is 7.11 Å². The fourth-order valence-electron chi connectivity index (χ4n) is 6.06. The third kappa shape index (κ3) is 5.12. The largest absolute Gasteiger partial charge is 0.492 e. The summed E-state index contributed by atoms with van der Waals surface area (Å²) >= 11 is 0. The molecule has 1 aromatic rings. The molecular formula is C32H48NO4+. The Labute approximate surface area is 224 Å². The zero-order valence-corrected chi connectivity index (χ0v) is 24.8. The predicted octanol–water partition coefficient (Wildman–Crippen LogP) is 7.21. The Balaban J connectivity index is 1.93. The highest BCUT2D eigenvalue weighted by Crippen LogP contribution is 2.57. The maximum atomic E-state index is 13.9. The van der Waals surface area contributed by atoms with E-state index in [0.29, 0.717) is 18.6 Å². The van der Waals surface area contributed by atoms with Gasteiger partial charge in [-0.05, 0) is 40.4 Å². The van der Waals surface area contributed by atoms with E-state index in [1.165, 1.54) is 11.1 Å². The van der Waals surface area contributed by atoms with Gasteiger partial charge in [-0.3, -0.25) is 4.79 Å². The van der Waals surface area contributed by atoms with E-state index in [4.69, 9.17) is 14.2 Å². The van der Waals surface area contributed by atoms with Gasteiger partial charge in [0.25, 0.3) is 0 Å². The molecule has 5 nitrogen and oxygen atoms in total. The number of ketones is 1. The van der Waals surface area contributed by atoms with Crippen molar-refractivity contribution in [2.24, 2.45) is 16.2 Å². The minimum atomic E-state index is -0.251. The maximum absolute atomic E-state index is 13.9. The van der Waals surface area contributed by atoms with Gasteiger partial charge in [-0.25, -0.2) is 0 Å². The molecule has 5 heteroatoms. The Morgan fingerprint density at radius 2 is 1.86 bits per heavy atom. The van der Waals surface area contributed by atoms with E-state index in [2.05, 4.69) is 80.4 Å². The van der Waals surface area contributed by atoms with E-state index in [0.717, 1.165) is 34.5 Å². The van der Waals surface area contributed by atoms with Crippen molar-refractivity contribution in [1.29, 1.82) is 0 Å². The molecule has 37 heavy (non-hydrogen) atoms. The van der Waals surface area contributed by atoms with Crippen LogP contribution in [0.5, 0.6) is 17.2 Å². The first-order valence-electron chi connectivity index (χ1n) is 13.4. The summed E-state index contributed by atoms with van der Waals surface area (Å²) < 4.78 is 18.1. The second kappa shape index (κ2) is 10.3. The van der Waals surface area contributed by atoms with E-state index >= 15 is 0 Å². The first-order valence-corrected chi connectivity index (χ1v) is 13.4. The molecule has 2 aliphatic rings. The van der Waals surface area contributed by atoms with Gasteiger partial charge in [-0.15, -0.1) is 0 Å². The van der Waals surface area contributed by atoms with Crippen LogP contribution in [0.4, 0.5) is 0 Å². The van der Waals surface area contributed by atoms with Gasteiger partial charge in [0, 0.05) is 12.8 Å². The number of methoxy groups -OCH3 is 1. The molecule has 0 aromatic heterocycles. The molecule has 1 aromatic carbocycles. The van der Waals surface area contributed by atoms with Gasteiger partial charge in [-0.2, -0.15) is 0 Å². The van der Waals surface area contributed by atoms with E-state index in [9.17, 15) is 4.79 Å². The summed E-state index contributed by atoms with van der Waals surface area (Å²) in [5.74, 6) is 2.39. The van der Waals surface area contributed by atoms with Crippen molar-refractivity contribution in [3.8, 4) is 17.2 Å². The molecule has 0 N–H and O–H groups in total. The summed E-state index contributed by atoms with van der Waals surface area (Å²) in [7, 11) is 6.11. The summed E-state index contributed by atoms with van der Waals surface area (Å²) in [6.07, 6.45) is 10.1. The van der Waals surface area contributed by atoms with Crippen LogP contribution in [0.1, 0.15) is 78.5 Å². The summed E-state index contributed by atoms with van der Waals surface area (Å²) in [5, 5.41) is 0. The van der Waals surface area contributed by atoms with Crippen LogP contribution in [-0.4, -0.2) is 44.8 Å². The van der Waals surface area contributed by atoms with Gasteiger partial charge in [-0.1, -0.05) is 72.4 Å². The third-order valence-electron chi connectivity index (χ3n) is 9.81. The molecular weight excluding hydrogens is 462 g/mol. The Kier molecular flexibility index (Phi) is 8.10. The Morgan fingerprint density at radius 3 is 2.46 bits per heavy atom. The zero-order valence-electron chi connectivity index (χ0n) is 24.8. The minimum absolute atomic E-state index is 0.00838. The molecule has 204 valence electrons. The smallest absolute Gasteiger partial charge is 0.231 e. The molecule has 0 aliphatic carbocycles. The number of nitrogens with zero attached hydrogens (tertiary/aromatic N) is 1. The number of hydrogen-bond donors (Lipinski definition) is 0. The normalized spacial score (nSPS) is 19.6. The van der Waals surface area contributed by atoms with Gasteiger partial charge < -0.3 is 18.7 Å². The first kappa shape index (κ1) is 29.0. The highest BCUT2D eigenvalue weighted by atomic mass is 16.7. The number of Topliss-reactive ketones (excluding diaryl/α,β-unsaturated/α-hetero) is 1. The number of carbonyl (C=O) groups is 1. The van der Waals surface area contributed by atoms with Crippen LogP contribution in [0.25, 0.3) is 0 Å². The zero-order chi connectivity index (χ0) is 27.8. The van der Waals surface area contributed by atoms with Crippen molar-refractivity contribution in [2.45, 2.75) is 73.8 Å². The van der Waals surface area contributed by atoms with Crippen LogP contribution in [0.3, 0.4) is 0 Å². The van der Waals surface area contributed by atoms with Crippen molar-refractivity contribution in [3.05, 3.63) is 53.6 Å². The molecule has 3 rings (SSSR count). The number of fused-ring (bicyclic) bond motifs is 2. The monoisotopic (exact) mass is 510 g/mol. The van der Waals surface area contributed by atoms with Crippen LogP contribution >= 0.6 is 0 Å². The molecule has 0 fully saturated rings. The molecule has 2 heterocycles. The summed E-state index contributed by atoms with van der Waals surface area (Å²) in [4.78, 5) is 13.9. The fraction of sp³-hybridized carbons (Fsp3) is 0.594. The summed E-state index contributed by atoms with van der Waals surface area (Å²) in [6, 6.07) is 2.08. The quantitative estimate of drug-likeness (QED) is 0.246. The molecule has 0 spiro atoms. The number of benzene rings is 1. The van der Waals surface area contributed by atoms with Gasteiger partial charge >= 0.3 is 0 Å². The molecule has 1 atom stereocenters. The molecule has 2 aliphatic heterocycles. The van der Waals surface area contributed by atoms with Crippen molar-refractivity contribution < 1.29 is 23.5 Å². The standard InChI is InChI=1S/C32H48NO4/c1-12-14-15-23(13-2)31(5,6)32(7,8)30(3,4)20-24(34)19-25-27-22(16-17-33(25,9)10)18-26-28(29(27)35-11)37-21-36-26/h12-15,18,25H,2,16-17,19-21H2,1,3-11H3/q+1/b14-12-,23-15+. The first-order chi connectivity index (χ1) is 17.1. The van der Waals surface area contributed by atoms with Crippen LogP contribution in [0.2, 0.25) is 0 Å². The summed E-state index contributed by atoms with van der Waals surface area (Å²) in [5.41, 5.74) is 2.84. The number of quaternary nitrogens is 1. The summed E-state index contributed by atoms with van der Waals surface area (Å²) in [6.45, 7) is 20.8. The van der Waals surface area contributed by atoms with Crippen molar-refractivity contribution >= 4 is 5.78 Å². The molecule has 0 radical (unpaired) electrons. The maximum Gasteiger partial charge on any atom is 0.231 e. The van der Waals surface area contributed by atoms with E-state index < -0.39 is 0 Å². The lowest BCUT2D eigenvalue weighted by Crippen LogP contribution is -2.49. The van der Waals surface area contributed by atoms with E-state index in [-0.39, 0.29) is 34.9 Å². The van der Waals surface area contributed by atoms with Crippen molar-refractivity contribution in [2.75, 3.05) is 34.5 Å². The minimum Gasteiger partial charge on any atom is -0.492 e. The molecule has 1 unspecified atom stereocenters. The lowest BCUT2D eigenvalue weighted by atomic mass is 9.51. The topological polar surface area (TPSA) is 44.8 Å². The van der Waals surface area contributed by atoms with Gasteiger partial charge in [0.05, 0.1) is 39.7 Å². The Hall–Kier alpha value is -2.53. The number of ether oxygens (including phenoxy) is 3. The molecule has 0 bridgehead atoms. The van der Waals surface area contributed by atoms with Crippen molar-refractivity contribution in [3.63, 3.8) is 0 Å². The second-order valence-corrected chi connectivity index (χ2v) is 12.9. The fourth-order valence-corrected chi connectivity index (χ4v) is 6.06. The number of likely N-dealkylation sites (N-methyl/N-ethyl adjacent to an activating group) is 1. The average molecular weight is 511 g/mol. The van der Waals surface area contributed by atoms with Gasteiger partial charge in [0.15, 0.2) is 11.5 Å². The van der Waals surface area contributed by atoms with Gasteiger partial charge in [0.2, 0.25) is 12.5 Å². The van der Waals surface area contributed by atoms with Crippen LogP contribution in [0, 0.1) is 16.2 Å². The molecule has 0 saturated heterocycles. The lowest BCUT2D eigenvalue weighted by molar-refractivity contribution is -0.922. The lowest BCUT2D eigenvalue weighted by Gasteiger charge is -2.53. The second-order valence-electron chi connectivity index (χ2n) is 12.9. The molecule has 0 amide bonds. The predicted molar refractivity (Wildman–Crippen MR) is 151 cm³/mol. The van der Waals surface area contributed by atoms with Crippen LogP contribution in [0.15, 0.2) is 42.5 Å². The highest BCUT2D eigenvalue weighted by Gasteiger charge is 2.50. The number of hydrogen-bond acceptors (Lipinski definition) is 4. The van der Waals surface area contributed by atoms with Crippen LogP contribution in [-0.2, 0) is 11.2 Å². The van der Waals surface area contributed by atoms with Gasteiger partial charge in [0.1, 0.15) is 11.8 Å². The SMILES string of the molecule is C=C/C(=C\C=C/C)C(C)(C)C(C)(C)C(C)(C)CC(=O)CC1c2c(cc3c(c2OC)OCO3)CC[N+]1(C)C. The number of allylic oxidation sites excluding steroid dienone is 5. The average Bonchev–Trinajstić information content (AvgIpc) is 3.27.